The first-order chi connectivity index (χ1) is 14.6. The number of piperidine rings is 1. The molecule has 3 aromatic heterocycles. The maximum atomic E-state index is 12.3. The summed E-state index contributed by atoms with van der Waals surface area (Å²) in [5.74, 6) is -2.76. The van der Waals surface area contributed by atoms with Gasteiger partial charge in [0.1, 0.15) is 5.65 Å². The molecular weight excluding hydrogens is 417 g/mol. The van der Waals surface area contributed by atoms with Crippen LogP contribution in [0.1, 0.15) is 30.1 Å². The van der Waals surface area contributed by atoms with Gasteiger partial charge in [-0.25, -0.2) is 14.5 Å². The molecule has 0 spiro atoms. The Kier molecular flexibility index (Phi) is 6.68. The zero-order valence-electron chi connectivity index (χ0n) is 16.7. The summed E-state index contributed by atoms with van der Waals surface area (Å²) in [5, 5.41) is 15.1. The number of carbonyl (C=O) groups is 1. The largest absolute Gasteiger partial charge is 0.490 e. The van der Waals surface area contributed by atoms with Crippen LogP contribution in [0.15, 0.2) is 41.6 Å². The first kappa shape index (κ1) is 22.4. The molecule has 0 amide bonds. The number of aryl methyl sites for hydroxylation is 1. The van der Waals surface area contributed by atoms with Gasteiger partial charge in [0.05, 0.1) is 17.9 Å². The van der Waals surface area contributed by atoms with E-state index in [1.807, 2.05) is 29.9 Å². The topological polar surface area (TPSA) is 106 Å². The highest BCUT2D eigenvalue weighted by atomic mass is 19.4. The number of hydrogen-bond acceptors (Lipinski definition) is 6. The number of fused-ring (bicyclic) bond motifs is 1. The molecule has 0 saturated carbocycles. The van der Waals surface area contributed by atoms with Gasteiger partial charge in [0.15, 0.2) is 0 Å². The van der Waals surface area contributed by atoms with E-state index < -0.39 is 12.1 Å². The molecule has 4 rings (SSSR count). The highest BCUT2D eigenvalue weighted by Crippen LogP contribution is 2.22. The molecule has 3 aromatic rings. The average molecular weight is 438 g/mol. The molecular formula is C19H21F3N6O3. The van der Waals surface area contributed by atoms with E-state index in [2.05, 4.69) is 15.2 Å². The maximum Gasteiger partial charge on any atom is 0.490 e. The third-order valence-corrected chi connectivity index (χ3v) is 4.94. The van der Waals surface area contributed by atoms with Crippen LogP contribution >= 0.6 is 0 Å². The number of carboxylic acid groups (broad SMARTS) is 1. The molecule has 1 N–H and O–H groups in total. The number of aliphatic carboxylic acids is 1. The Labute approximate surface area is 174 Å². The van der Waals surface area contributed by atoms with E-state index in [-0.39, 0.29) is 5.56 Å². The molecule has 0 radical (unpaired) electrons. The number of pyridine rings is 1. The van der Waals surface area contributed by atoms with Crippen LogP contribution in [0.2, 0.25) is 0 Å². The second-order valence-corrected chi connectivity index (χ2v) is 7.16. The summed E-state index contributed by atoms with van der Waals surface area (Å²) < 4.78 is 35.3. The van der Waals surface area contributed by atoms with Crippen LogP contribution in [0.25, 0.3) is 5.65 Å². The van der Waals surface area contributed by atoms with Crippen molar-refractivity contribution in [3.8, 4) is 0 Å². The quantitative estimate of drug-likeness (QED) is 0.667. The number of likely N-dealkylation sites (tertiary alicyclic amines) is 1. The third-order valence-electron chi connectivity index (χ3n) is 4.94. The van der Waals surface area contributed by atoms with Crippen molar-refractivity contribution in [3.05, 3.63) is 58.4 Å². The molecule has 0 atom stereocenters. The van der Waals surface area contributed by atoms with Gasteiger partial charge in [-0.3, -0.25) is 14.1 Å². The minimum absolute atomic E-state index is 0.0174. The van der Waals surface area contributed by atoms with Crippen LogP contribution < -0.4 is 5.56 Å². The van der Waals surface area contributed by atoms with Crippen LogP contribution in [0, 0.1) is 6.92 Å². The predicted molar refractivity (Wildman–Crippen MR) is 103 cm³/mol. The van der Waals surface area contributed by atoms with E-state index in [1.165, 1.54) is 0 Å². The maximum absolute atomic E-state index is 12.3. The summed E-state index contributed by atoms with van der Waals surface area (Å²) in [5.41, 5.74) is 2.59. The van der Waals surface area contributed by atoms with E-state index in [1.54, 1.807) is 22.9 Å². The van der Waals surface area contributed by atoms with Crippen LogP contribution in [0.5, 0.6) is 0 Å². The third kappa shape index (κ3) is 5.66. The van der Waals surface area contributed by atoms with Crippen LogP contribution in [0.3, 0.4) is 0 Å². The number of halogens is 3. The van der Waals surface area contributed by atoms with Crippen LogP contribution in [0.4, 0.5) is 13.2 Å². The molecule has 1 aliphatic heterocycles. The van der Waals surface area contributed by atoms with Crippen molar-refractivity contribution in [1.82, 2.24) is 29.3 Å². The Balaban J connectivity index is 0.000000339. The molecule has 1 saturated heterocycles. The molecule has 0 aromatic carbocycles. The smallest absolute Gasteiger partial charge is 0.475 e. The lowest BCUT2D eigenvalue weighted by Crippen LogP contribution is -2.35. The average Bonchev–Trinajstić information content (AvgIpc) is 3.24. The number of carboxylic acids is 1. The van der Waals surface area contributed by atoms with Gasteiger partial charge in [-0.1, -0.05) is 11.3 Å². The van der Waals surface area contributed by atoms with Gasteiger partial charge in [-0.05, 0) is 31.4 Å². The molecule has 1 fully saturated rings. The highest BCUT2D eigenvalue weighted by molar-refractivity contribution is 5.73. The standard InChI is InChI=1S/C17H20N6O.C2HF3O2/c1-13-3-2-7-22-16(24)11-14(19-17(13)22)12-21-8-4-15(5-9-21)23-10-6-18-20-23;3-2(4,5)1(6)7/h2-3,6-7,10-11,15H,4-5,8-9,12H2,1H3;(H,6,7). The second kappa shape index (κ2) is 9.25. The number of aromatic nitrogens is 5. The number of rotatable bonds is 3. The van der Waals surface area contributed by atoms with Crippen molar-refractivity contribution >= 4 is 11.6 Å². The van der Waals surface area contributed by atoms with Gasteiger partial charge < -0.3 is 5.11 Å². The summed E-state index contributed by atoms with van der Waals surface area (Å²) in [4.78, 5) is 28.2. The zero-order valence-corrected chi connectivity index (χ0v) is 16.7. The zero-order chi connectivity index (χ0) is 22.6. The molecule has 166 valence electrons. The van der Waals surface area contributed by atoms with Crippen molar-refractivity contribution in [1.29, 1.82) is 0 Å². The molecule has 9 nitrogen and oxygen atoms in total. The Bertz CT molecular complexity index is 1090. The fourth-order valence-corrected chi connectivity index (χ4v) is 3.37. The van der Waals surface area contributed by atoms with Gasteiger partial charge >= 0.3 is 12.1 Å². The normalized spacial score (nSPS) is 15.5. The summed E-state index contributed by atoms with van der Waals surface area (Å²) >= 11 is 0. The lowest BCUT2D eigenvalue weighted by Gasteiger charge is -2.31. The first-order valence-corrected chi connectivity index (χ1v) is 9.51. The Morgan fingerprint density at radius 3 is 2.52 bits per heavy atom. The van der Waals surface area contributed by atoms with Gasteiger partial charge in [0, 0.05) is 38.1 Å². The summed E-state index contributed by atoms with van der Waals surface area (Å²) in [6.45, 7) is 4.64. The summed E-state index contributed by atoms with van der Waals surface area (Å²) in [6, 6.07) is 5.92. The van der Waals surface area contributed by atoms with Crippen molar-refractivity contribution in [2.75, 3.05) is 13.1 Å². The Hall–Kier alpha value is -3.28. The fourth-order valence-electron chi connectivity index (χ4n) is 3.37. The van der Waals surface area contributed by atoms with E-state index in [9.17, 15) is 18.0 Å². The van der Waals surface area contributed by atoms with Crippen LogP contribution in [-0.2, 0) is 11.3 Å². The van der Waals surface area contributed by atoms with Crippen molar-refractivity contribution in [2.45, 2.75) is 38.5 Å². The van der Waals surface area contributed by atoms with E-state index >= 15 is 0 Å². The monoisotopic (exact) mass is 438 g/mol. The second-order valence-electron chi connectivity index (χ2n) is 7.16. The molecule has 0 unspecified atom stereocenters. The molecule has 0 bridgehead atoms. The number of alkyl halides is 3. The lowest BCUT2D eigenvalue weighted by atomic mass is 10.1. The summed E-state index contributed by atoms with van der Waals surface area (Å²) in [7, 11) is 0. The Morgan fingerprint density at radius 1 is 1.26 bits per heavy atom. The van der Waals surface area contributed by atoms with Crippen molar-refractivity contribution < 1.29 is 23.1 Å². The van der Waals surface area contributed by atoms with Crippen LogP contribution in [-0.4, -0.2) is 59.6 Å². The van der Waals surface area contributed by atoms with Crippen molar-refractivity contribution in [2.24, 2.45) is 0 Å². The molecule has 4 heterocycles. The lowest BCUT2D eigenvalue weighted by molar-refractivity contribution is -0.192. The molecule has 0 aliphatic carbocycles. The van der Waals surface area contributed by atoms with Gasteiger partial charge in [0.25, 0.3) is 5.56 Å². The minimum Gasteiger partial charge on any atom is -0.475 e. The van der Waals surface area contributed by atoms with E-state index in [0.29, 0.717) is 12.6 Å². The molecule has 31 heavy (non-hydrogen) atoms. The number of nitrogens with zero attached hydrogens (tertiary/aromatic N) is 6. The molecule has 12 heteroatoms. The van der Waals surface area contributed by atoms with E-state index in [0.717, 1.165) is 42.8 Å². The van der Waals surface area contributed by atoms with Gasteiger partial charge in [0.2, 0.25) is 0 Å². The van der Waals surface area contributed by atoms with Gasteiger partial charge in [-0.15, -0.1) is 5.10 Å². The Morgan fingerprint density at radius 2 is 1.94 bits per heavy atom. The molecule has 1 aliphatic rings. The van der Waals surface area contributed by atoms with Gasteiger partial charge in [-0.2, -0.15) is 13.2 Å². The SMILES string of the molecule is Cc1cccn2c(=O)cc(CN3CCC(n4ccnn4)CC3)nc12.O=C(O)C(F)(F)F. The highest BCUT2D eigenvalue weighted by Gasteiger charge is 2.38. The minimum atomic E-state index is -5.08. The summed E-state index contributed by atoms with van der Waals surface area (Å²) in [6.07, 6.45) is 2.41. The number of hydrogen-bond donors (Lipinski definition) is 1. The van der Waals surface area contributed by atoms with Crippen molar-refractivity contribution in [3.63, 3.8) is 0 Å². The fraction of sp³-hybridized carbons (Fsp3) is 0.421. The predicted octanol–water partition coefficient (Wildman–Crippen LogP) is 2.06. The van der Waals surface area contributed by atoms with E-state index in [4.69, 9.17) is 14.9 Å². The first-order valence-electron chi connectivity index (χ1n) is 9.51.